The summed E-state index contributed by atoms with van der Waals surface area (Å²) >= 11 is 0. The van der Waals surface area contributed by atoms with Crippen LogP contribution in [0.3, 0.4) is 0 Å². The molecule has 1 aliphatic heterocycles. The Balaban J connectivity index is 1.71. The van der Waals surface area contributed by atoms with Gasteiger partial charge in [0.2, 0.25) is 0 Å². The summed E-state index contributed by atoms with van der Waals surface area (Å²) in [6.07, 6.45) is -3.60. The second-order valence-electron chi connectivity index (χ2n) is 5.48. The maximum atomic E-state index is 13.0. The highest BCUT2D eigenvalue weighted by Crippen LogP contribution is 2.26. The molecule has 0 bridgehead atoms. The van der Waals surface area contributed by atoms with Gasteiger partial charge in [-0.2, -0.15) is 0 Å². The van der Waals surface area contributed by atoms with Gasteiger partial charge in [0.1, 0.15) is 18.1 Å². The molecular weight excluding hydrogens is 336 g/mol. The number of rotatable bonds is 4. The van der Waals surface area contributed by atoms with Crippen LogP contribution in [0, 0.1) is 0 Å². The van der Waals surface area contributed by atoms with E-state index >= 15 is 0 Å². The van der Waals surface area contributed by atoms with Gasteiger partial charge in [-0.3, -0.25) is 4.90 Å². The predicted octanol–water partition coefficient (Wildman–Crippen LogP) is 2.67. The highest BCUT2D eigenvalue weighted by Gasteiger charge is 2.32. The van der Waals surface area contributed by atoms with Gasteiger partial charge < -0.3 is 14.4 Å². The average Bonchev–Trinajstić information content (AvgIpc) is 2.99. The quantitative estimate of drug-likeness (QED) is 0.915. The molecule has 0 aliphatic carbocycles. The fourth-order valence-corrected chi connectivity index (χ4v) is 2.70. The standard InChI is InChI=1S/C16H15F2N3O4/c17-14(18)12-13(15(22)23)21-7-6-20(8-11(21)19-12)16(24)25-9-10-4-2-1-3-5-10/h1-5,14H,6-9H2,(H,22,23). The third-order valence-electron chi connectivity index (χ3n) is 3.87. The van der Waals surface area contributed by atoms with Gasteiger partial charge >= 0.3 is 12.1 Å². The van der Waals surface area contributed by atoms with Crippen molar-refractivity contribution in [1.82, 2.24) is 14.5 Å². The monoisotopic (exact) mass is 351 g/mol. The Morgan fingerprint density at radius 2 is 1.96 bits per heavy atom. The molecule has 25 heavy (non-hydrogen) atoms. The highest BCUT2D eigenvalue weighted by atomic mass is 19.3. The Morgan fingerprint density at radius 3 is 2.60 bits per heavy atom. The largest absolute Gasteiger partial charge is 0.477 e. The van der Waals surface area contributed by atoms with E-state index in [9.17, 15) is 18.4 Å². The van der Waals surface area contributed by atoms with E-state index in [-0.39, 0.29) is 32.1 Å². The number of carbonyl (C=O) groups excluding carboxylic acids is 1. The molecule has 3 rings (SSSR count). The van der Waals surface area contributed by atoms with Gasteiger partial charge in [-0.25, -0.2) is 23.4 Å². The van der Waals surface area contributed by atoms with E-state index in [0.29, 0.717) is 0 Å². The summed E-state index contributed by atoms with van der Waals surface area (Å²) in [5.74, 6) is -1.36. The van der Waals surface area contributed by atoms with Crippen molar-refractivity contribution in [3.05, 3.63) is 53.1 Å². The number of carboxylic acid groups (broad SMARTS) is 1. The van der Waals surface area contributed by atoms with Crippen LogP contribution in [0.25, 0.3) is 0 Å². The van der Waals surface area contributed by atoms with E-state index in [2.05, 4.69) is 4.98 Å². The number of hydrogen-bond donors (Lipinski definition) is 1. The zero-order valence-corrected chi connectivity index (χ0v) is 13.1. The lowest BCUT2D eigenvalue weighted by molar-refractivity contribution is 0.0664. The molecule has 0 radical (unpaired) electrons. The lowest BCUT2D eigenvalue weighted by Gasteiger charge is -2.27. The van der Waals surface area contributed by atoms with Crippen LogP contribution in [0.15, 0.2) is 30.3 Å². The molecule has 1 aliphatic rings. The van der Waals surface area contributed by atoms with E-state index in [1.165, 1.54) is 9.47 Å². The smallest absolute Gasteiger partial charge is 0.410 e. The lowest BCUT2D eigenvalue weighted by Crippen LogP contribution is -2.39. The molecule has 2 heterocycles. The van der Waals surface area contributed by atoms with Gasteiger partial charge in [-0.1, -0.05) is 30.3 Å². The highest BCUT2D eigenvalue weighted by molar-refractivity contribution is 5.87. The minimum atomic E-state index is -3.00. The Morgan fingerprint density at radius 1 is 1.24 bits per heavy atom. The predicted molar refractivity (Wildman–Crippen MR) is 81.2 cm³/mol. The van der Waals surface area contributed by atoms with Crippen LogP contribution in [0.1, 0.15) is 34.0 Å². The number of fused-ring (bicyclic) bond motifs is 1. The van der Waals surface area contributed by atoms with Crippen molar-refractivity contribution in [3.63, 3.8) is 0 Å². The van der Waals surface area contributed by atoms with E-state index in [1.54, 1.807) is 0 Å². The van der Waals surface area contributed by atoms with Gasteiger partial charge in [0.25, 0.3) is 6.43 Å². The molecule has 1 N–H and O–H groups in total. The van der Waals surface area contributed by atoms with E-state index in [0.717, 1.165) is 5.56 Å². The molecular formula is C16H15F2N3O4. The number of aromatic carboxylic acids is 1. The lowest BCUT2D eigenvalue weighted by atomic mass is 10.2. The van der Waals surface area contributed by atoms with Crippen LogP contribution in [0.5, 0.6) is 0 Å². The number of amides is 1. The van der Waals surface area contributed by atoms with Crippen LogP contribution in [0.4, 0.5) is 13.6 Å². The van der Waals surface area contributed by atoms with Crippen LogP contribution < -0.4 is 0 Å². The van der Waals surface area contributed by atoms with E-state index < -0.39 is 29.9 Å². The van der Waals surface area contributed by atoms with Crippen LogP contribution in [-0.2, 0) is 24.4 Å². The van der Waals surface area contributed by atoms with Gasteiger partial charge in [-0.05, 0) is 5.56 Å². The first-order valence-electron chi connectivity index (χ1n) is 7.53. The first-order valence-corrected chi connectivity index (χ1v) is 7.53. The number of carbonyl (C=O) groups is 2. The van der Waals surface area contributed by atoms with Crippen LogP contribution >= 0.6 is 0 Å². The number of carboxylic acids is 1. The molecule has 0 unspecified atom stereocenters. The molecule has 132 valence electrons. The van der Waals surface area contributed by atoms with Crippen molar-refractivity contribution >= 4 is 12.1 Å². The maximum Gasteiger partial charge on any atom is 0.410 e. The third kappa shape index (κ3) is 3.44. The topological polar surface area (TPSA) is 84.7 Å². The summed E-state index contributed by atoms with van der Waals surface area (Å²) in [5.41, 5.74) is -0.480. The molecule has 2 aromatic rings. The van der Waals surface area contributed by atoms with Crippen molar-refractivity contribution in [2.24, 2.45) is 0 Å². The fourth-order valence-electron chi connectivity index (χ4n) is 2.70. The van der Waals surface area contributed by atoms with Crippen molar-refractivity contribution in [2.45, 2.75) is 26.1 Å². The third-order valence-corrected chi connectivity index (χ3v) is 3.87. The Labute approximate surface area is 141 Å². The molecule has 7 nitrogen and oxygen atoms in total. The number of nitrogens with zero attached hydrogens (tertiary/aromatic N) is 3. The molecule has 0 saturated carbocycles. The van der Waals surface area contributed by atoms with Crippen molar-refractivity contribution in [3.8, 4) is 0 Å². The molecule has 9 heteroatoms. The summed E-state index contributed by atoms with van der Waals surface area (Å²) < 4.78 is 32.4. The fraction of sp³-hybridized carbons (Fsp3) is 0.312. The number of benzene rings is 1. The molecule has 0 atom stereocenters. The summed E-state index contributed by atoms with van der Waals surface area (Å²) in [4.78, 5) is 28.4. The summed E-state index contributed by atoms with van der Waals surface area (Å²) in [6, 6.07) is 9.10. The summed E-state index contributed by atoms with van der Waals surface area (Å²) in [7, 11) is 0. The number of ether oxygens (including phenoxy) is 1. The molecule has 0 spiro atoms. The summed E-state index contributed by atoms with van der Waals surface area (Å²) in [6.45, 7) is 0.227. The Bertz CT molecular complexity index is 792. The molecule has 1 aromatic carbocycles. The first-order chi connectivity index (χ1) is 12.0. The average molecular weight is 351 g/mol. The van der Waals surface area contributed by atoms with Gasteiger partial charge in [0.15, 0.2) is 5.69 Å². The molecule has 1 aromatic heterocycles. The number of hydrogen-bond acceptors (Lipinski definition) is 4. The molecule has 0 fully saturated rings. The van der Waals surface area contributed by atoms with E-state index in [4.69, 9.17) is 9.84 Å². The van der Waals surface area contributed by atoms with Crippen molar-refractivity contribution < 1.29 is 28.2 Å². The van der Waals surface area contributed by atoms with Gasteiger partial charge in [-0.15, -0.1) is 0 Å². The zero-order valence-electron chi connectivity index (χ0n) is 13.1. The second kappa shape index (κ2) is 6.88. The molecule has 1 amide bonds. The second-order valence-corrected chi connectivity index (χ2v) is 5.48. The van der Waals surface area contributed by atoms with Crippen molar-refractivity contribution in [1.29, 1.82) is 0 Å². The van der Waals surface area contributed by atoms with Gasteiger partial charge in [0.05, 0.1) is 6.54 Å². The Hall–Kier alpha value is -2.97. The SMILES string of the molecule is O=C(O)c1c(C(F)F)nc2n1CCN(C(=O)OCc1ccccc1)C2. The normalized spacial score (nSPS) is 13.6. The summed E-state index contributed by atoms with van der Waals surface area (Å²) in [5, 5.41) is 9.15. The number of imidazole rings is 1. The number of aromatic nitrogens is 2. The van der Waals surface area contributed by atoms with E-state index in [1.807, 2.05) is 30.3 Å². The van der Waals surface area contributed by atoms with Crippen LogP contribution in [0.2, 0.25) is 0 Å². The number of halogens is 2. The maximum absolute atomic E-state index is 13.0. The van der Waals surface area contributed by atoms with Gasteiger partial charge in [0, 0.05) is 13.1 Å². The van der Waals surface area contributed by atoms with Crippen molar-refractivity contribution in [2.75, 3.05) is 6.54 Å². The minimum Gasteiger partial charge on any atom is -0.477 e. The van der Waals surface area contributed by atoms with Crippen LogP contribution in [-0.4, -0.2) is 38.2 Å². The Kier molecular flexibility index (Phi) is 4.64. The zero-order chi connectivity index (χ0) is 18.0. The number of alkyl halides is 2. The first kappa shape index (κ1) is 16.9. The minimum absolute atomic E-state index is 0.0666. The molecule has 0 saturated heterocycles.